The molecular weight excluding hydrogens is 194 g/mol. The summed E-state index contributed by atoms with van der Waals surface area (Å²) in [4.78, 5) is 4.36. The van der Waals surface area contributed by atoms with Crippen molar-refractivity contribution in [2.45, 2.75) is 24.5 Å². The average molecular weight is 209 g/mol. The van der Waals surface area contributed by atoms with Crippen molar-refractivity contribution in [3.63, 3.8) is 0 Å². The van der Waals surface area contributed by atoms with E-state index < -0.39 is 0 Å². The summed E-state index contributed by atoms with van der Waals surface area (Å²) in [6.07, 6.45) is 1.97. The molecule has 4 heteroatoms. The maximum atomic E-state index is 5.54. The second-order valence-electron chi connectivity index (χ2n) is 3.61. The summed E-state index contributed by atoms with van der Waals surface area (Å²) in [5.74, 6) is 3.17. The topological polar surface area (TPSA) is 50.9 Å². The number of aromatic nitrogens is 1. The Hall–Kier alpha value is -0.740. The molecule has 1 atom stereocenters. The fourth-order valence-corrected chi connectivity index (χ4v) is 2.52. The van der Waals surface area contributed by atoms with Crippen LogP contribution in [0.3, 0.4) is 0 Å². The highest BCUT2D eigenvalue weighted by atomic mass is 32.2. The van der Waals surface area contributed by atoms with Gasteiger partial charge < -0.3 is 11.1 Å². The first-order valence-electron chi connectivity index (χ1n) is 4.81. The molecule has 0 radical (unpaired) electrons. The fourth-order valence-electron chi connectivity index (χ4n) is 1.45. The lowest BCUT2D eigenvalue weighted by molar-refractivity contribution is 0.797. The lowest BCUT2D eigenvalue weighted by Gasteiger charge is -2.12. The molecule has 1 unspecified atom stereocenters. The predicted octanol–water partition coefficient (Wildman–Crippen LogP) is 1.59. The minimum Gasteiger partial charge on any atom is -0.366 e. The molecule has 1 aromatic heterocycles. The molecule has 2 rings (SSSR count). The Morgan fingerprint density at radius 2 is 2.36 bits per heavy atom. The van der Waals surface area contributed by atoms with Crippen LogP contribution in [0.1, 0.15) is 18.1 Å². The van der Waals surface area contributed by atoms with E-state index in [1.165, 1.54) is 11.1 Å². The number of hydrogen-bond donors (Lipinski definition) is 2. The quantitative estimate of drug-likeness (QED) is 0.793. The van der Waals surface area contributed by atoms with Gasteiger partial charge in [0.15, 0.2) is 0 Å². The van der Waals surface area contributed by atoms with E-state index in [-0.39, 0.29) is 6.04 Å². The second-order valence-corrected chi connectivity index (χ2v) is 4.60. The van der Waals surface area contributed by atoms with Gasteiger partial charge in [0, 0.05) is 30.3 Å². The third-order valence-corrected chi connectivity index (χ3v) is 3.38. The van der Waals surface area contributed by atoms with Gasteiger partial charge >= 0.3 is 0 Å². The predicted molar refractivity (Wildman–Crippen MR) is 61.4 cm³/mol. The highest BCUT2D eigenvalue weighted by Gasteiger charge is 2.12. The van der Waals surface area contributed by atoms with Crippen LogP contribution in [0.2, 0.25) is 0 Å². The van der Waals surface area contributed by atoms with Crippen molar-refractivity contribution in [1.29, 1.82) is 0 Å². The molecule has 0 amide bonds. The van der Waals surface area contributed by atoms with E-state index in [9.17, 15) is 0 Å². The molecular formula is C10H15N3S. The van der Waals surface area contributed by atoms with Gasteiger partial charge in [-0.15, -0.1) is 0 Å². The van der Waals surface area contributed by atoms with E-state index in [1.807, 2.05) is 18.0 Å². The molecule has 1 aliphatic rings. The molecule has 0 fully saturated rings. The first-order chi connectivity index (χ1) is 6.79. The first kappa shape index (κ1) is 9.80. The third kappa shape index (κ3) is 2.01. The summed E-state index contributed by atoms with van der Waals surface area (Å²) in [6, 6.07) is 2.43. The number of nitrogens with zero attached hydrogens (tertiary/aromatic N) is 1. The Morgan fingerprint density at radius 1 is 1.57 bits per heavy atom. The van der Waals surface area contributed by atoms with Crippen LogP contribution in [0.25, 0.3) is 0 Å². The maximum absolute atomic E-state index is 5.54. The zero-order valence-electron chi connectivity index (χ0n) is 8.29. The molecule has 1 aromatic rings. The van der Waals surface area contributed by atoms with Crippen LogP contribution in [0.15, 0.2) is 12.3 Å². The van der Waals surface area contributed by atoms with E-state index in [2.05, 4.69) is 23.3 Å². The maximum Gasteiger partial charge on any atom is 0.126 e. The average Bonchev–Trinajstić information content (AvgIpc) is 2.64. The molecule has 2 heterocycles. The van der Waals surface area contributed by atoms with E-state index in [1.54, 1.807) is 0 Å². The Labute approximate surface area is 88.5 Å². The van der Waals surface area contributed by atoms with Crippen LogP contribution >= 0.6 is 11.8 Å². The van der Waals surface area contributed by atoms with Crippen LogP contribution in [-0.4, -0.2) is 17.6 Å². The number of rotatable bonds is 3. The van der Waals surface area contributed by atoms with Crippen molar-refractivity contribution in [3.8, 4) is 0 Å². The van der Waals surface area contributed by atoms with Gasteiger partial charge in [0.2, 0.25) is 0 Å². The molecule has 0 aliphatic carbocycles. The zero-order chi connectivity index (χ0) is 9.97. The van der Waals surface area contributed by atoms with Gasteiger partial charge in [-0.2, -0.15) is 11.8 Å². The summed E-state index contributed by atoms with van der Waals surface area (Å²) in [6.45, 7) is 2.69. The van der Waals surface area contributed by atoms with Crippen LogP contribution in [0.5, 0.6) is 0 Å². The number of pyridine rings is 1. The second kappa shape index (κ2) is 4.19. The molecule has 3 nitrogen and oxygen atoms in total. The minimum absolute atomic E-state index is 0.287. The molecule has 0 bridgehead atoms. The molecule has 1 aliphatic heterocycles. The number of anilines is 1. The lowest BCUT2D eigenvalue weighted by atomic mass is 10.2. The normalized spacial score (nSPS) is 16.4. The highest BCUT2D eigenvalue weighted by Crippen LogP contribution is 2.30. The number of hydrogen-bond acceptors (Lipinski definition) is 4. The Balaban J connectivity index is 2.12. The number of nitrogens with two attached hydrogens (primary N) is 1. The largest absolute Gasteiger partial charge is 0.366 e. The van der Waals surface area contributed by atoms with Gasteiger partial charge in [-0.25, -0.2) is 4.98 Å². The Bertz CT molecular complexity index is 327. The SMILES string of the molecule is CC(CN)Nc1cc2c(cn1)CSC2. The van der Waals surface area contributed by atoms with Crippen molar-refractivity contribution < 1.29 is 0 Å². The van der Waals surface area contributed by atoms with Gasteiger partial charge in [-0.1, -0.05) is 0 Å². The Kier molecular flexibility index (Phi) is 2.93. The van der Waals surface area contributed by atoms with Gasteiger partial charge in [0.1, 0.15) is 5.82 Å². The van der Waals surface area contributed by atoms with Crippen molar-refractivity contribution in [1.82, 2.24) is 4.98 Å². The summed E-state index contributed by atoms with van der Waals surface area (Å²) in [7, 11) is 0. The lowest BCUT2D eigenvalue weighted by Crippen LogP contribution is -2.25. The molecule has 14 heavy (non-hydrogen) atoms. The number of nitrogens with one attached hydrogen (secondary N) is 1. The molecule has 76 valence electrons. The minimum atomic E-state index is 0.287. The van der Waals surface area contributed by atoms with E-state index in [0.29, 0.717) is 6.54 Å². The molecule has 3 N–H and O–H groups in total. The summed E-state index contributed by atoms with van der Waals surface area (Å²) >= 11 is 1.94. The van der Waals surface area contributed by atoms with Gasteiger partial charge in [0.05, 0.1) is 0 Å². The fraction of sp³-hybridized carbons (Fsp3) is 0.500. The zero-order valence-corrected chi connectivity index (χ0v) is 9.10. The molecule has 0 aromatic carbocycles. The van der Waals surface area contributed by atoms with E-state index in [0.717, 1.165) is 17.3 Å². The number of thioether (sulfide) groups is 1. The first-order valence-corrected chi connectivity index (χ1v) is 5.97. The number of fused-ring (bicyclic) bond motifs is 1. The smallest absolute Gasteiger partial charge is 0.126 e. The van der Waals surface area contributed by atoms with E-state index in [4.69, 9.17) is 5.73 Å². The summed E-state index contributed by atoms with van der Waals surface area (Å²) in [5.41, 5.74) is 8.33. The van der Waals surface area contributed by atoms with Crippen molar-refractivity contribution >= 4 is 17.6 Å². The third-order valence-electron chi connectivity index (χ3n) is 2.35. The van der Waals surface area contributed by atoms with Crippen LogP contribution in [-0.2, 0) is 11.5 Å². The monoisotopic (exact) mass is 209 g/mol. The van der Waals surface area contributed by atoms with E-state index >= 15 is 0 Å². The van der Waals surface area contributed by atoms with Gasteiger partial charge in [0.25, 0.3) is 0 Å². The van der Waals surface area contributed by atoms with Gasteiger partial charge in [-0.05, 0) is 24.1 Å². The van der Waals surface area contributed by atoms with Crippen LogP contribution in [0, 0.1) is 0 Å². The summed E-state index contributed by atoms with van der Waals surface area (Å²) in [5, 5.41) is 3.28. The van der Waals surface area contributed by atoms with Gasteiger partial charge in [-0.3, -0.25) is 0 Å². The van der Waals surface area contributed by atoms with Crippen LogP contribution < -0.4 is 11.1 Å². The highest BCUT2D eigenvalue weighted by molar-refractivity contribution is 7.98. The molecule has 0 saturated heterocycles. The standard InChI is InChI=1S/C10H15N3S/c1-7(3-11)13-10-2-8-5-14-6-9(8)4-12-10/h2,4,7H,3,5-6,11H2,1H3,(H,12,13). The summed E-state index contributed by atoms with van der Waals surface area (Å²) < 4.78 is 0. The van der Waals surface area contributed by atoms with Crippen molar-refractivity contribution in [2.24, 2.45) is 5.73 Å². The van der Waals surface area contributed by atoms with Crippen LogP contribution in [0.4, 0.5) is 5.82 Å². The molecule has 0 spiro atoms. The van der Waals surface area contributed by atoms with Crippen molar-refractivity contribution in [2.75, 3.05) is 11.9 Å². The van der Waals surface area contributed by atoms with Crippen molar-refractivity contribution in [3.05, 3.63) is 23.4 Å². The molecule has 0 saturated carbocycles. The Morgan fingerprint density at radius 3 is 3.14 bits per heavy atom.